The number of allylic oxidation sites excluding steroid dienone is 2. The van der Waals surface area contributed by atoms with Crippen LogP contribution < -0.4 is 4.74 Å². The topological polar surface area (TPSA) is 39.2 Å². The van der Waals surface area contributed by atoms with E-state index in [9.17, 15) is 4.79 Å². The number of carbonyl (C=O) groups excluding carboxylic acids is 1. The minimum atomic E-state index is -0.161. The summed E-state index contributed by atoms with van der Waals surface area (Å²) in [7, 11) is 1.62. The average Bonchev–Trinajstić information content (AvgIpc) is 2.45. The number of hydrogen-bond donors (Lipinski definition) is 0. The number of carbonyl (C=O) groups is 1. The van der Waals surface area contributed by atoms with Gasteiger partial charge < -0.3 is 9.53 Å². The van der Waals surface area contributed by atoms with Crippen molar-refractivity contribution < 1.29 is 9.53 Å². The van der Waals surface area contributed by atoms with E-state index in [1.54, 1.807) is 7.11 Å². The van der Waals surface area contributed by atoms with Gasteiger partial charge in [0, 0.05) is 17.4 Å². The Hall–Kier alpha value is -1.64. The van der Waals surface area contributed by atoms with Gasteiger partial charge in [-0.15, -0.1) is 0 Å². The Kier molecular flexibility index (Phi) is 5.93. The molecule has 3 nitrogen and oxygen atoms in total. The fourth-order valence-electron chi connectivity index (χ4n) is 2.35. The Morgan fingerprint density at radius 3 is 2.70 bits per heavy atom. The van der Waals surface area contributed by atoms with Crippen molar-refractivity contribution in [1.29, 1.82) is 0 Å². The standard InChI is InChI=1S/C17H25NO2/c1-13(2)9-10-17(4,11-14(3)12-19)15-7-6-8-16(18-15)20-5/h6-9,12,14H,10-11H2,1-5H3. The predicted molar refractivity (Wildman–Crippen MR) is 82.0 cm³/mol. The zero-order chi connectivity index (χ0) is 15.2. The molecule has 0 aliphatic rings. The lowest BCUT2D eigenvalue weighted by atomic mass is 9.75. The zero-order valence-electron chi connectivity index (χ0n) is 13.1. The number of methoxy groups -OCH3 is 1. The monoisotopic (exact) mass is 275 g/mol. The lowest BCUT2D eigenvalue weighted by Crippen LogP contribution is -2.26. The molecule has 2 atom stereocenters. The van der Waals surface area contributed by atoms with E-state index in [0.29, 0.717) is 5.88 Å². The van der Waals surface area contributed by atoms with Crippen LogP contribution in [0.2, 0.25) is 0 Å². The van der Waals surface area contributed by atoms with Crippen molar-refractivity contribution in [3.63, 3.8) is 0 Å². The van der Waals surface area contributed by atoms with Crippen molar-refractivity contribution in [2.45, 2.75) is 46.0 Å². The second-order valence-corrected chi connectivity index (χ2v) is 5.93. The van der Waals surface area contributed by atoms with E-state index < -0.39 is 0 Å². The number of aldehydes is 1. The smallest absolute Gasteiger partial charge is 0.213 e. The Morgan fingerprint density at radius 2 is 2.15 bits per heavy atom. The van der Waals surface area contributed by atoms with Crippen LogP contribution in [0.25, 0.3) is 0 Å². The van der Waals surface area contributed by atoms with Crippen LogP contribution in [-0.4, -0.2) is 18.4 Å². The number of rotatable bonds is 7. The average molecular weight is 275 g/mol. The molecule has 2 unspecified atom stereocenters. The highest BCUT2D eigenvalue weighted by molar-refractivity contribution is 5.53. The molecule has 1 heterocycles. The Morgan fingerprint density at radius 1 is 1.45 bits per heavy atom. The van der Waals surface area contributed by atoms with Crippen LogP contribution in [0.5, 0.6) is 5.88 Å². The first kappa shape index (κ1) is 16.4. The van der Waals surface area contributed by atoms with Crippen LogP contribution in [0.15, 0.2) is 29.8 Å². The highest BCUT2D eigenvalue weighted by atomic mass is 16.5. The molecule has 20 heavy (non-hydrogen) atoms. The first-order chi connectivity index (χ1) is 9.41. The van der Waals surface area contributed by atoms with Gasteiger partial charge in [-0.25, -0.2) is 4.98 Å². The molecule has 0 aromatic carbocycles. The van der Waals surface area contributed by atoms with Crippen LogP contribution in [0.3, 0.4) is 0 Å². The van der Waals surface area contributed by atoms with E-state index in [1.807, 2.05) is 25.1 Å². The highest BCUT2D eigenvalue weighted by Gasteiger charge is 2.29. The maximum atomic E-state index is 11.0. The first-order valence-corrected chi connectivity index (χ1v) is 7.01. The maximum Gasteiger partial charge on any atom is 0.213 e. The van der Waals surface area contributed by atoms with Crippen molar-refractivity contribution in [1.82, 2.24) is 4.98 Å². The van der Waals surface area contributed by atoms with Gasteiger partial charge in [-0.3, -0.25) is 0 Å². The fourth-order valence-corrected chi connectivity index (χ4v) is 2.35. The molecule has 0 fully saturated rings. The summed E-state index contributed by atoms with van der Waals surface area (Å²) < 4.78 is 5.21. The lowest BCUT2D eigenvalue weighted by Gasteiger charge is -2.30. The molecule has 0 radical (unpaired) electrons. The van der Waals surface area contributed by atoms with Gasteiger partial charge in [-0.05, 0) is 32.8 Å². The molecular formula is C17H25NO2. The number of aromatic nitrogens is 1. The predicted octanol–water partition coefficient (Wildman–Crippen LogP) is 3.93. The van der Waals surface area contributed by atoms with Gasteiger partial charge in [0.1, 0.15) is 6.29 Å². The molecule has 0 amide bonds. The van der Waals surface area contributed by atoms with Crippen LogP contribution in [0.4, 0.5) is 0 Å². The number of pyridine rings is 1. The summed E-state index contributed by atoms with van der Waals surface area (Å²) in [6.45, 7) is 8.29. The van der Waals surface area contributed by atoms with Crippen LogP contribution in [0, 0.1) is 5.92 Å². The number of nitrogens with zero attached hydrogens (tertiary/aromatic N) is 1. The third kappa shape index (κ3) is 4.48. The van der Waals surface area contributed by atoms with Crippen LogP contribution >= 0.6 is 0 Å². The van der Waals surface area contributed by atoms with Crippen molar-refractivity contribution in [3.05, 3.63) is 35.5 Å². The van der Waals surface area contributed by atoms with E-state index in [4.69, 9.17) is 4.74 Å². The van der Waals surface area contributed by atoms with Gasteiger partial charge >= 0.3 is 0 Å². The molecule has 0 spiro atoms. The molecule has 0 N–H and O–H groups in total. The van der Waals surface area contributed by atoms with Crippen molar-refractivity contribution in [3.8, 4) is 5.88 Å². The molecule has 0 saturated carbocycles. The summed E-state index contributed by atoms with van der Waals surface area (Å²) in [5, 5.41) is 0. The number of ether oxygens (including phenoxy) is 1. The summed E-state index contributed by atoms with van der Waals surface area (Å²) in [5.74, 6) is 0.628. The van der Waals surface area contributed by atoms with Gasteiger partial charge in [0.2, 0.25) is 5.88 Å². The summed E-state index contributed by atoms with van der Waals surface area (Å²) in [5.41, 5.74) is 2.09. The molecule has 110 valence electrons. The minimum Gasteiger partial charge on any atom is -0.481 e. The third-order valence-electron chi connectivity index (χ3n) is 3.52. The Balaban J connectivity index is 3.13. The maximum absolute atomic E-state index is 11.0. The summed E-state index contributed by atoms with van der Waals surface area (Å²) in [4.78, 5) is 15.6. The first-order valence-electron chi connectivity index (χ1n) is 7.01. The van der Waals surface area contributed by atoms with Crippen molar-refractivity contribution >= 4 is 6.29 Å². The lowest BCUT2D eigenvalue weighted by molar-refractivity contribution is -0.111. The highest BCUT2D eigenvalue weighted by Crippen LogP contribution is 2.34. The van der Waals surface area contributed by atoms with Gasteiger partial charge in [-0.2, -0.15) is 0 Å². The van der Waals surface area contributed by atoms with Gasteiger partial charge in [0.05, 0.1) is 12.8 Å². The summed E-state index contributed by atoms with van der Waals surface area (Å²) >= 11 is 0. The van der Waals surface area contributed by atoms with E-state index in [2.05, 4.69) is 31.8 Å². The van der Waals surface area contributed by atoms with Gasteiger partial charge in [-0.1, -0.05) is 31.6 Å². The van der Waals surface area contributed by atoms with Gasteiger partial charge in [0.15, 0.2) is 0 Å². The fraction of sp³-hybridized carbons (Fsp3) is 0.529. The Labute approximate surface area is 122 Å². The summed E-state index contributed by atoms with van der Waals surface area (Å²) in [6, 6.07) is 5.81. The normalized spacial score (nSPS) is 15.1. The second kappa shape index (κ2) is 7.22. The summed E-state index contributed by atoms with van der Waals surface area (Å²) in [6.07, 6.45) is 4.87. The molecule has 1 aromatic rings. The van der Waals surface area contributed by atoms with Crippen LogP contribution in [0.1, 0.15) is 46.2 Å². The SMILES string of the molecule is COc1cccc(C(C)(CC=C(C)C)CC(C)C=O)n1. The molecule has 0 bridgehead atoms. The van der Waals surface area contributed by atoms with E-state index in [0.717, 1.165) is 24.8 Å². The Bertz CT molecular complexity index is 478. The zero-order valence-corrected chi connectivity index (χ0v) is 13.1. The molecule has 1 rings (SSSR count). The molecular weight excluding hydrogens is 250 g/mol. The van der Waals surface area contributed by atoms with Crippen molar-refractivity contribution in [2.24, 2.45) is 5.92 Å². The van der Waals surface area contributed by atoms with Crippen molar-refractivity contribution in [2.75, 3.05) is 7.11 Å². The molecule has 1 aromatic heterocycles. The molecule has 0 saturated heterocycles. The largest absolute Gasteiger partial charge is 0.481 e. The second-order valence-electron chi connectivity index (χ2n) is 5.93. The van der Waals surface area contributed by atoms with E-state index in [-0.39, 0.29) is 11.3 Å². The molecule has 0 aliphatic carbocycles. The molecule has 3 heteroatoms. The van der Waals surface area contributed by atoms with Gasteiger partial charge in [0.25, 0.3) is 0 Å². The molecule has 0 aliphatic heterocycles. The number of hydrogen-bond acceptors (Lipinski definition) is 3. The van der Waals surface area contributed by atoms with E-state index >= 15 is 0 Å². The van der Waals surface area contributed by atoms with E-state index in [1.165, 1.54) is 5.57 Å². The third-order valence-corrected chi connectivity index (χ3v) is 3.52. The van der Waals surface area contributed by atoms with Crippen LogP contribution in [-0.2, 0) is 10.2 Å². The quantitative estimate of drug-likeness (QED) is 0.559. The minimum absolute atomic E-state index is 0.0126.